The Kier molecular flexibility index (Phi) is 5.74. The van der Waals surface area contributed by atoms with Crippen LogP contribution in [0.4, 0.5) is 9.93 Å². The molecule has 1 atom stereocenters. The van der Waals surface area contributed by atoms with E-state index >= 15 is 0 Å². The van der Waals surface area contributed by atoms with Gasteiger partial charge in [-0.25, -0.2) is 9.59 Å². The molecule has 0 aliphatic carbocycles. The maximum atomic E-state index is 12.6. The molecule has 0 bridgehead atoms. The second-order valence-electron chi connectivity index (χ2n) is 5.25. The van der Waals surface area contributed by atoms with Gasteiger partial charge < -0.3 is 21.1 Å². The van der Waals surface area contributed by atoms with Crippen molar-refractivity contribution in [3.8, 4) is 0 Å². The molecule has 2 heterocycles. The van der Waals surface area contributed by atoms with Crippen LogP contribution in [0, 0.1) is 0 Å². The molecule has 0 unspecified atom stereocenters. The van der Waals surface area contributed by atoms with E-state index in [4.69, 9.17) is 10.5 Å². The van der Waals surface area contributed by atoms with E-state index in [-0.39, 0.29) is 12.6 Å². The maximum absolute atomic E-state index is 12.6. The number of amides is 2. The molecule has 26 heavy (non-hydrogen) atoms. The number of thioether (sulfide) groups is 1. The van der Waals surface area contributed by atoms with E-state index in [0.29, 0.717) is 26.5 Å². The van der Waals surface area contributed by atoms with Crippen molar-refractivity contribution in [3.05, 3.63) is 47.2 Å². The van der Waals surface area contributed by atoms with Gasteiger partial charge in [0.05, 0.1) is 18.2 Å². The third kappa shape index (κ3) is 4.14. The Bertz CT molecular complexity index is 837. The number of esters is 1. The zero-order valence-corrected chi connectivity index (χ0v) is 15.5. The SMILES string of the molecule is CCOC(=O)C1=C(CSc2nnc(N)s2)NC(=O)N[C@H]1c1ccccc1. The van der Waals surface area contributed by atoms with Crippen molar-refractivity contribution < 1.29 is 14.3 Å². The molecule has 0 radical (unpaired) electrons. The van der Waals surface area contributed by atoms with Gasteiger partial charge in [-0.3, -0.25) is 0 Å². The summed E-state index contributed by atoms with van der Waals surface area (Å²) in [5, 5.41) is 13.6. The molecule has 1 aliphatic rings. The highest BCUT2D eigenvalue weighted by Gasteiger charge is 2.33. The lowest BCUT2D eigenvalue weighted by Gasteiger charge is -2.29. The molecule has 2 aromatic rings. The van der Waals surface area contributed by atoms with Gasteiger partial charge in [-0.05, 0) is 12.5 Å². The van der Waals surface area contributed by atoms with Crippen LogP contribution in [-0.2, 0) is 9.53 Å². The number of urea groups is 1. The Morgan fingerprint density at radius 3 is 2.77 bits per heavy atom. The number of nitrogen functional groups attached to an aromatic ring is 1. The molecule has 0 fully saturated rings. The van der Waals surface area contributed by atoms with Crippen molar-refractivity contribution in [1.82, 2.24) is 20.8 Å². The van der Waals surface area contributed by atoms with Crippen LogP contribution in [0.15, 0.2) is 45.9 Å². The van der Waals surface area contributed by atoms with E-state index in [0.717, 1.165) is 5.56 Å². The summed E-state index contributed by atoms with van der Waals surface area (Å²) in [7, 11) is 0. The van der Waals surface area contributed by atoms with Gasteiger partial charge in [0, 0.05) is 11.4 Å². The molecule has 1 aromatic carbocycles. The topological polar surface area (TPSA) is 119 Å². The fourth-order valence-corrected chi connectivity index (χ4v) is 4.09. The van der Waals surface area contributed by atoms with Crippen LogP contribution < -0.4 is 16.4 Å². The zero-order chi connectivity index (χ0) is 18.5. The van der Waals surface area contributed by atoms with Crippen molar-refractivity contribution in [2.75, 3.05) is 18.1 Å². The minimum atomic E-state index is -0.584. The summed E-state index contributed by atoms with van der Waals surface area (Å²) in [6.45, 7) is 1.98. The Hall–Kier alpha value is -2.59. The Balaban J connectivity index is 1.95. The quantitative estimate of drug-likeness (QED) is 0.509. The number of nitrogens with zero attached hydrogens (tertiary/aromatic N) is 2. The van der Waals surface area contributed by atoms with Crippen LogP contribution in [-0.4, -0.2) is 34.6 Å². The molecule has 10 heteroatoms. The van der Waals surface area contributed by atoms with Gasteiger partial charge in [0.25, 0.3) is 0 Å². The minimum Gasteiger partial charge on any atom is -0.463 e. The van der Waals surface area contributed by atoms with Crippen molar-refractivity contribution in [3.63, 3.8) is 0 Å². The first-order chi connectivity index (χ1) is 12.6. The summed E-state index contributed by atoms with van der Waals surface area (Å²) in [5.74, 6) is -0.138. The minimum absolute atomic E-state index is 0.241. The smallest absolute Gasteiger partial charge is 0.338 e. The number of aromatic nitrogens is 2. The number of hydrogen-bond donors (Lipinski definition) is 3. The first-order valence-electron chi connectivity index (χ1n) is 7.83. The fourth-order valence-electron chi connectivity index (χ4n) is 2.49. The third-order valence-corrected chi connectivity index (χ3v) is 5.46. The van der Waals surface area contributed by atoms with Crippen molar-refractivity contribution in [2.24, 2.45) is 0 Å². The number of carbonyl (C=O) groups excluding carboxylic acids is 2. The van der Waals surface area contributed by atoms with Crippen LogP contribution in [0.2, 0.25) is 0 Å². The molecule has 2 amide bonds. The predicted molar refractivity (Wildman–Crippen MR) is 99.6 cm³/mol. The first-order valence-corrected chi connectivity index (χ1v) is 9.63. The normalized spacial score (nSPS) is 16.8. The van der Waals surface area contributed by atoms with Gasteiger partial charge in [-0.2, -0.15) is 0 Å². The average molecular weight is 391 g/mol. The second kappa shape index (κ2) is 8.19. The highest BCUT2D eigenvalue weighted by Crippen LogP contribution is 2.31. The molecule has 4 N–H and O–H groups in total. The molecule has 0 spiro atoms. The van der Waals surface area contributed by atoms with E-state index in [1.165, 1.54) is 23.1 Å². The van der Waals surface area contributed by atoms with Gasteiger partial charge in [0.2, 0.25) is 5.13 Å². The van der Waals surface area contributed by atoms with E-state index in [2.05, 4.69) is 20.8 Å². The van der Waals surface area contributed by atoms with Crippen molar-refractivity contribution in [2.45, 2.75) is 17.3 Å². The lowest BCUT2D eigenvalue weighted by molar-refractivity contribution is -0.139. The molecular formula is C16H17N5O3S2. The summed E-state index contributed by atoms with van der Waals surface area (Å²) in [6, 6.07) is 8.32. The molecule has 3 rings (SSSR count). The van der Waals surface area contributed by atoms with Crippen LogP contribution in [0.25, 0.3) is 0 Å². The van der Waals surface area contributed by atoms with E-state index in [1.54, 1.807) is 6.92 Å². The summed E-state index contributed by atoms with van der Waals surface area (Å²) in [5.41, 5.74) is 7.25. The predicted octanol–water partition coefficient (Wildman–Crippen LogP) is 2.08. The number of nitrogens with one attached hydrogen (secondary N) is 2. The van der Waals surface area contributed by atoms with E-state index in [1.807, 2.05) is 30.3 Å². The van der Waals surface area contributed by atoms with Gasteiger partial charge in [-0.15, -0.1) is 10.2 Å². The summed E-state index contributed by atoms with van der Waals surface area (Å²) in [4.78, 5) is 24.7. The number of anilines is 1. The number of rotatable bonds is 6. The molecule has 0 saturated carbocycles. The van der Waals surface area contributed by atoms with Crippen molar-refractivity contribution >= 4 is 40.2 Å². The average Bonchev–Trinajstić information content (AvgIpc) is 3.05. The Morgan fingerprint density at radius 2 is 2.12 bits per heavy atom. The Morgan fingerprint density at radius 1 is 1.35 bits per heavy atom. The standard InChI is InChI=1S/C16H17N5O3S2/c1-2-24-13(22)11-10(8-25-16-21-20-14(17)26-16)18-15(23)19-12(11)9-6-4-3-5-7-9/h3-7,12H,2,8H2,1H3,(H2,17,20)(H2,18,19,23)/t12-/m0/s1. The fraction of sp³-hybridized carbons (Fsp3) is 0.250. The summed E-state index contributed by atoms with van der Waals surface area (Å²) >= 11 is 2.59. The highest BCUT2D eigenvalue weighted by molar-refractivity contribution is 8.01. The van der Waals surface area contributed by atoms with Crippen LogP contribution >= 0.6 is 23.1 Å². The summed E-state index contributed by atoms with van der Waals surface area (Å²) < 4.78 is 5.87. The maximum Gasteiger partial charge on any atom is 0.338 e. The first kappa shape index (κ1) is 18.2. The molecule has 0 saturated heterocycles. The monoisotopic (exact) mass is 391 g/mol. The van der Waals surface area contributed by atoms with Crippen LogP contribution in [0.3, 0.4) is 0 Å². The molecule has 1 aromatic heterocycles. The van der Waals surface area contributed by atoms with E-state index < -0.39 is 12.0 Å². The highest BCUT2D eigenvalue weighted by atomic mass is 32.2. The zero-order valence-electron chi connectivity index (χ0n) is 13.9. The second-order valence-corrected chi connectivity index (χ2v) is 7.48. The van der Waals surface area contributed by atoms with Crippen LogP contribution in [0.1, 0.15) is 18.5 Å². The molecule has 136 valence electrons. The number of hydrogen-bond acceptors (Lipinski definition) is 8. The number of nitrogens with two attached hydrogens (primary N) is 1. The molecule has 1 aliphatic heterocycles. The molecular weight excluding hydrogens is 374 g/mol. The van der Waals surface area contributed by atoms with Gasteiger partial charge >= 0.3 is 12.0 Å². The summed E-state index contributed by atoms with van der Waals surface area (Å²) in [6.07, 6.45) is 0. The third-order valence-electron chi connectivity index (χ3n) is 3.54. The lowest BCUT2D eigenvalue weighted by Crippen LogP contribution is -2.46. The van der Waals surface area contributed by atoms with E-state index in [9.17, 15) is 9.59 Å². The number of carbonyl (C=O) groups is 2. The number of ether oxygens (including phenoxy) is 1. The van der Waals surface area contributed by atoms with Crippen molar-refractivity contribution in [1.29, 1.82) is 0 Å². The van der Waals surface area contributed by atoms with Gasteiger partial charge in [-0.1, -0.05) is 53.4 Å². The Labute approximate surface area is 158 Å². The largest absolute Gasteiger partial charge is 0.463 e. The lowest BCUT2D eigenvalue weighted by atomic mass is 9.95. The molecule has 8 nitrogen and oxygen atoms in total. The van der Waals surface area contributed by atoms with Crippen LogP contribution in [0.5, 0.6) is 0 Å². The number of benzene rings is 1. The van der Waals surface area contributed by atoms with Gasteiger partial charge in [0.1, 0.15) is 0 Å². The van der Waals surface area contributed by atoms with Gasteiger partial charge in [0.15, 0.2) is 4.34 Å².